The summed E-state index contributed by atoms with van der Waals surface area (Å²) >= 11 is 0. The maximum atomic E-state index is 14.7. The molecule has 16 heteroatoms. The zero-order valence-corrected chi connectivity index (χ0v) is 43.3. The van der Waals surface area contributed by atoms with Gasteiger partial charge in [-0.15, -0.1) is 0 Å². The average Bonchev–Trinajstić information content (AvgIpc) is 4.08. The lowest BCUT2D eigenvalue weighted by atomic mass is 9.84. The fourth-order valence-corrected chi connectivity index (χ4v) is 11.1. The van der Waals surface area contributed by atoms with E-state index in [1.54, 1.807) is 42.3 Å². The second-order valence-corrected chi connectivity index (χ2v) is 21.9. The number of pyridine rings is 1. The number of aromatic nitrogens is 2. The van der Waals surface area contributed by atoms with Crippen molar-refractivity contribution in [1.82, 2.24) is 40.0 Å². The molecule has 4 aromatic rings. The molecule has 72 heavy (non-hydrogen) atoms. The van der Waals surface area contributed by atoms with Crippen LogP contribution in [0, 0.1) is 28.6 Å². The Hall–Kier alpha value is -6.28. The average molecular weight is 985 g/mol. The number of ether oxygens (including phenoxy) is 2. The minimum absolute atomic E-state index is 0.00785. The number of methoxy groups -OCH3 is 1. The number of hydrogen-bond donors (Lipinski definition) is 3. The number of phenols is 1. The Bertz CT molecular complexity index is 2770. The Balaban J connectivity index is 1.06. The normalized spacial score (nSPS) is 21.7. The van der Waals surface area contributed by atoms with Crippen LogP contribution < -0.4 is 10.7 Å². The molecule has 384 valence electrons. The van der Waals surface area contributed by atoms with Crippen LogP contribution >= 0.6 is 0 Å². The van der Waals surface area contributed by atoms with Gasteiger partial charge in [0.1, 0.15) is 17.8 Å². The molecule has 3 fully saturated rings. The minimum atomic E-state index is -1.09. The number of rotatable bonds is 10. The molecule has 2 aromatic carbocycles. The molecule has 4 aliphatic heterocycles. The van der Waals surface area contributed by atoms with E-state index < -0.39 is 40.7 Å². The Morgan fingerprint density at radius 3 is 2.58 bits per heavy atom. The summed E-state index contributed by atoms with van der Waals surface area (Å²) in [5.74, 6) is 3.91. The van der Waals surface area contributed by atoms with Crippen LogP contribution in [0.2, 0.25) is 0 Å². The van der Waals surface area contributed by atoms with E-state index in [0.717, 1.165) is 63.9 Å². The maximum absolute atomic E-state index is 14.7. The number of amides is 4. The Morgan fingerprint density at radius 1 is 1.04 bits per heavy atom. The number of phenolic OH excluding ortho intramolecular Hbond substituents is 1. The highest BCUT2D eigenvalue weighted by molar-refractivity contribution is 5.96. The quantitative estimate of drug-likeness (QED) is 0.131. The van der Waals surface area contributed by atoms with E-state index in [1.807, 2.05) is 39.1 Å². The third-order valence-electron chi connectivity index (χ3n) is 14.7. The van der Waals surface area contributed by atoms with Crippen LogP contribution in [-0.2, 0) is 59.4 Å². The number of likely N-dealkylation sites (tertiary alicyclic amines) is 2. The van der Waals surface area contributed by atoms with Crippen molar-refractivity contribution in [3.8, 4) is 40.0 Å². The van der Waals surface area contributed by atoms with Crippen molar-refractivity contribution < 1.29 is 38.6 Å². The van der Waals surface area contributed by atoms with Gasteiger partial charge in [0.05, 0.1) is 36.6 Å². The largest absolute Gasteiger partial charge is 0.508 e. The molecule has 8 rings (SSSR count). The molecule has 4 atom stereocenters. The van der Waals surface area contributed by atoms with Crippen LogP contribution in [0.3, 0.4) is 0 Å². The lowest BCUT2D eigenvalue weighted by molar-refractivity contribution is -0.155. The zero-order valence-electron chi connectivity index (χ0n) is 43.3. The van der Waals surface area contributed by atoms with Gasteiger partial charge in [0.25, 0.3) is 11.8 Å². The van der Waals surface area contributed by atoms with Gasteiger partial charge in [0, 0.05) is 87.8 Å². The summed E-state index contributed by atoms with van der Waals surface area (Å²) in [6, 6.07) is 13.7. The molecule has 3 N–H and O–H groups in total. The van der Waals surface area contributed by atoms with Crippen molar-refractivity contribution in [1.29, 1.82) is 0 Å². The number of hydrogen-bond acceptors (Lipinski definition) is 11. The summed E-state index contributed by atoms with van der Waals surface area (Å²) in [4.78, 5) is 79.7. The van der Waals surface area contributed by atoms with Gasteiger partial charge < -0.3 is 34.3 Å². The Kier molecular flexibility index (Phi) is 15.8. The predicted octanol–water partition coefficient (Wildman–Crippen LogP) is 5.71. The number of aryl methyl sites for hydroxylation is 1. The van der Waals surface area contributed by atoms with Gasteiger partial charge >= 0.3 is 5.97 Å². The SMILES string of the molecule is CCn1c(-c2cccnc2COC)c2c3cc(ccc31)-c1cc(O)cc(c1)C[C@H](NC(=O)CC(C)(C)CN(C)C(=O)[C@H]1CCN(C(=O)C#C[C@@H]3CCCN3C)C1)C(=O)N1CCC[C@H](N1)C(=O)OCC(C)(C)C2. The van der Waals surface area contributed by atoms with Gasteiger partial charge in [-0.05, 0) is 129 Å². The number of benzene rings is 2. The minimum Gasteiger partial charge on any atom is -0.508 e. The van der Waals surface area contributed by atoms with Crippen molar-refractivity contribution in [2.45, 2.75) is 117 Å². The highest BCUT2D eigenvalue weighted by Gasteiger charge is 2.38. The highest BCUT2D eigenvalue weighted by atomic mass is 16.5. The van der Waals surface area contributed by atoms with Gasteiger partial charge in [-0.25, -0.2) is 5.43 Å². The summed E-state index contributed by atoms with van der Waals surface area (Å²) in [6.45, 7) is 13.5. The molecular formula is C56H72N8O8. The molecule has 4 amide bonds. The van der Waals surface area contributed by atoms with Crippen LogP contribution in [0.5, 0.6) is 5.75 Å². The van der Waals surface area contributed by atoms with Crippen LogP contribution in [0.25, 0.3) is 33.3 Å². The number of nitrogens with one attached hydrogen (secondary N) is 2. The standard InChI is InChI=1S/C56H72N8O8/c1-9-63-48-18-16-37-29-43(48)44(51(63)42-14-10-21-57-47(42)33-71-8)30-56(4,5)35-72-54(70)45-15-12-23-64(59-45)53(69)46(27-36-25-39(37)28-41(65)26-36)58-49(66)31-55(2,3)34-61(7)52(68)38-20-24-62(32-38)50(67)19-17-40-13-11-22-60(40)6/h10,14,16,18,21,25-26,28-29,38,40,45-46,59,65H,9,11-13,15,20,22-24,27,30-35H2,1-8H3,(H,58,66)/t38-,40-,45-,46-/m0/s1. The van der Waals surface area contributed by atoms with Crippen LogP contribution in [-0.4, -0.2) is 143 Å². The number of carbonyl (C=O) groups is 5. The molecule has 0 radical (unpaired) electrons. The van der Waals surface area contributed by atoms with Crippen molar-refractivity contribution in [2.24, 2.45) is 16.7 Å². The molecule has 0 spiro atoms. The molecule has 4 aliphatic rings. The second-order valence-electron chi connectivity index (χ2n) is 21.9. The van der Waals surface area contributed by atoms with Gasteiger partial charge in [-0.3, -0.25) is 38.9 Å². The molecule has 16 nitrogen and oxygen atoms in total. The van der Waals surface area contributed by atoms with E-state index in [2.05, 4.69) is 71.0 Å². The first-order valence-corrected chi connectivity index (χ1v) is 25.5. The summed E-state index contributed by atoms with van der Waals surface area (Å²) in [5, 5.41) is 16.8. The van der Waals surface area contributed by atoms with E-state index in [4.69, 9.17) is 14.5 Å². The summed E-state index contributed by atoms with van der Waals surface area (Å²) in [6.07, 6.45) is 5.88. The zero-order chi connectivity index (χ0) is 51.5. The fraction of sp³-hybridized carbons (Fsp3) is 0.536. The predicted molar refractivity (Wildman–Crippen MR) is 275 cm³/mol. The molecule has 0 unspecified atom stereocenters. The van der Waals surface area contributed by atoms with Crippen LogP contribution in [0.1, 0.15) is 90.0 Å². The maximum Gasteiger partial charge on any atom is 0.324 e. The van der Waals surface area contributed by atoms with Gasteiger partial charge in [0.2, 0.25) is 11.8 Å². The topological polar surface area (TPSA) is 179 Å². The van der Waals surface area contributed by atoms with Crippen molar-refractivity contribution in [2.75, 3.05) is 60.5 Å². The van der Waals surface area contributed by atoms with Crippen LogP contribution in [0.4, 0.5) is 0 Å². The number of hydrazine groups is 1. The first kappa shape index (κ1) is 52.1. The van der Waals surface area contributed by atoms with E-state index in [0.29, 0.717) is 64.0 Å². The summed E-state index contributed by atoms with van der Waals surface area (Å²) in [5.41, 5.74) is 8.97. The number of nitrogens with zero attached hydrogens (tertiary/aromatic N) is 6. The van der Waals surface area contributed by atoms with Gasteiger partial charge in [-0.1, -0.05) is 45.7 Å². The lowest BCUT2D eigenvalue weighted by Gasteiger charge is -2.36. The molecule has 3 saturated heterocycles. The molecule has 6 heterocycles. The monoisotopic (exact) mass is 985 g/mol. The number of cyclic esters (lactones) is 1. The summed E-state index contributed by atoms with van der Waals surface area (Å²) < 4.78 is 14.0. The van der Waals surface area contributed by atoms with Crippen molar-refractivity contribution in [3.63, 3.8) is 0 Å². The van der Waals surface area contributed by atoms with E-state index in [1.165, 1.54) is 5.01 Å². The number of esters is 1. The number of aromatic hydroxyl groups is 1. The Morgan fingerprint density at radius 2 is 1.83 bits per heavy atom. The first-order valence-electron chi connectivity index (χ1n) is 25.5. The smallest absolute Gasteiger partial charge is 0.324 e. The van der Waals surface area contributed by atoms with Crippen LogP contribution in [0.15, 0.2) is 54.7 Å². The van der Waals surface area contributed by atoms with Gasteiger partial charge in [-0.2, -0.15) is 0 Å². The van der Waals surface area contributed by atoms with E-state index >= 15 is 0 Å². The number of carbonyl (C=O) groups excluding carboxylic acids is 5. The third kappa shape index (κ3) is 11.8. The van der Waals surface area contributed by atoms with Crippen molar-refractivity contribution in [3.05, 3.63) is 71.5 Å². The highest BCUT2D eigenvalue weighted by Crippen LogP contribution is 2.41. The van der Waals surface area contributed by atoms with Crippen molar-refractivity contribution >= 4 is 40.5 Å². The molecule has 0 saturated carbocycles. The number of fused-ring (bicyclic) bond motifs is 6. The lowest BCUT2D eigenvalue weighted by Crippen LogP contribution is -2.60. The first-order chi connectivity index (χ1) is 34.3. The second kappa shape index (κ2) is 21.8. The third-order valence-corrected chi connectivity index (χ3v) is 14.7. The Labute approximate surface area is 423 Å². The van der Waals surface area contributed by atoms with Gasteiger partial charge in [0.15, 0.2) is 0 Å². The van der Waals surface area contributed by atoms with E-state index in [9.17, 15) is 29.1 Å². The van der Waals surface area contributed by atoms with E-state index in [-0.39, 0.29) is 55.5 Å². The molecule has 6 bridgehead atoms. The summed E-state index contributed by atoms with van der Waals surface area (Å²) in [7, 11) is 5.39. The molecule has 0 aliphatic carbocycles. The molecule has 2 aromatic heterocycles. The fourth-order valence-electron chi connectivity index (χ4n) is 11.1. The molecular weight excluding hydrogens is 913 g/mol.